The van der Waals surface area contributed by atoms with Crippen LogP contribution in [0.25, 0.3) is 0 Å². The summed E-state index contributed by atoms with van der Waals surface area (Å²) >= 11 is 0. The van der Waals surface area contributed by atoms with Crippen molar-refractivity contribution in [3.05, 3.63) is 89.7 Å². The number of aromatic nitrogens is 1. The highest BCUT2D eigenvalue weighted by atomic mass is 16.2. The van der Waals surface area contributed by atoms with E-state index in [0.717, 1.165) is 44.7 Å². The van der Waals surface area contributed by atoms with Gasteiger partial charge < -0.3 is 14.4 Å². The van der Waals surface area contributed by atoms with Crippen molar-refractivity contribution in [1.82, 2.24) is 14.4 Å². The van der Waals surface area contributed by atoms with E-state index in [0.29, 0.717) is 37.3 Å². The van der Waals surface area contributed by atoms with Crippen LogP contribution in [0.2, 0.25) is 0 Å². The second kappa shape index (κ2) is 10.3. The standard InChI is InChI=1S/C28H32N4O2/c33-26-13-17-31(15-7-14-29-18-20-30(21-19-29)24-10-5-2-6-11-24)28(34)27-25(26)12-16-32(27)22-23-8-3-1-4-9-23/h1-6,8-12,16H,7,13-15,17-22H2. The van der Waals surface area contributed by atoms with Gasteiger partial charge >= 0.3 is 0 Å². The van der Waals surface area contributed by atoms with E-state index in [4.69, 9.17) is 0 Å². The van der Waals surface area contributed by atoms with Crippen molar-refractivity contribution in [2.75, 3.05) is 50.7 Å². The van der Waals surface area contributed by atoms with E-state index < -0.39 is 0 Å². The van der Waals surface area contributed by atoms with Gasteiger partial charge in [-0.3, -0.25) is 14.5 Å². The maximum absolute atomic E-state index is 13.5. The zero-order valence-corrected chi connectivity index (χ0v) is 19.6. The van der Waals surface area contributed by atoms with Crippen LogP contribution in [-0.4, -0.2) is 71.9 Å². The first-order valence-electron chi connectivity index (χ1n) is 12.3. The monoisotopic (exact) mass is 456 g/mol. The molecule has 1 fully saturated rings. The lowest BCUT2D eigenvalue weighted by Crippen LogP contribution is -2.47. The summed E-state index contributed by atoms with van der Waals surface area (Å²) in [5, 5.41) is 0. The van der Waals surface area contributed by atoms with Gasteiger partial charge in [-0.2, -0.15) is 0 Å². The summed E-state index contributed by atoms with van der Waals surface area (Å²) < 4.78 is 1.94. The number of hydrogen-bond acceptors (Lipinski definition) is 4. The van der Waals surface area contributed by atoms with Gasteiger partial charge in [0.1, 0.15) is 5.69 Å². The number of hydrogen-bond donors (Lipinski definition) is 0. The molecule has 0 aliphatic carbocycles. The third-order valence-corrected chi connectivity index (χ3v) is 6.95. The normalized spacial score (nSPS) is 17.1. The molecule has 0 radical (unpaired) electrons. The van der Waals surface area contributed by atoms with Crippen LogP contribution < -0.4 is 4.90 Å². The SMILES string of the molecule is O=C1CCN(CCCN2CCN(c3ccccc3)CC2)C(=O)c2c1ccn2Cc1ccccc1. The number of amides is 1. The van der Waals surface area contributed by atoms with Gasteiger partial charge in [0.25, 0.3) is 5.91 Å². The Bertz CT molecular complexity index is 1120. The van der Waals surface area contributed by atoms with E-state index in [1.807, 2.05) is 52.1 Å². The zero-order chi connectivity index (χ0) is 23.3. The summed E-state index contributed by atoms with van der Waals surface area (Å²) in [7, 11) is 0. The number of benzene rings is 2. The Balaban J connectivity index is 1.18. The minimum atomic E-state index is -0.0179. The van der Waals surface area contributed by atoms with E-state index in [1.54, 1.807) is 0 Å². The molecule has 3 aromatic rings. The molecule has 2 aliphatic heterocycles. The Morgan fingerprint density at radius 2 is 1.44 bits per heavy atom. The van der Waals surface area contributed by atoms with Crippen LogP contribution in [-0.2, 0) is 6.54 Å². The lowest BCUT2D eigenvalue weighted by molar-refractivity contribution is 0.0740. The predicted octanol–water partition coefficient (Wildman–Crippen LogP) is 3.78. The number of Topliss-reactive ketones (excluding diaryl/α,β-unsaturated/α-hetero) is 1. The number of piperazine rings is 1. The number of para-hydroxylation sites is 1. The first-order valence-corrected chi connectivity index (χ1v) is 12.3. The minimum Gasteiger partial charge on any atom is -0.369 e. The highest BCUT2D eigenvalue weighted by Crippen LogP contribution is 2.22. The molecule has 0 unspecified atom stereocenters. The lowest BCUT2D eigenvalue weighted by Gasteiger charge is -2.36. The van der Waals surface area contributed by atoms with Crippen molar-refractivity contribution in [3.8, 4) is 0 Å². The quantitative estimate of drug-likeness (QED) is 0.543. The third-order valence-electron chi connectivity index (χ3n) is 6.95. The average Bonchev–Trinajstić information content (AvgIpc) is 3.25. The van der Waals surface area contributed by atoms with Crippen LogP contribution >= 0.6 is 0 Å². The molecule has 3 heterocycles. The highest BCUT2D eigenvalue weighted by molar-refractivity contribution is 6.09. The molecule has 5 rings (SSSR count). The fourth-order valence-corrected chi connectivity index (χ4v) is 5.04. The average molecular weight is 457 g/mol. The Morgan fingerprint density at radius 3 is 2.18 bits per heavy atom. The molecule has 0 spiro atoms. The van der Waals surface area contributed by atoms with Crippen LogP contribution in [0.15, 0.2) is 72.9 Å². The third kappa shape index (κ3) is 4.92. The number of ketones is 1. The van der Waals surface area contributed by atoms with Gasteiger partial charge in [-0.05, 0) is 36.7 Å². The fraction of sp³-hybridized carbons (Fsp3) is 0.357. The molecular weight excluding hydrogens is 424 g/mol. The molecule has 1 aromatic heterocycles. The molecule has 34 heavy (non-hydrogen) atoms. The molecule has 0 bridgehead atoms. The molecule has 176 valence electrons. The van der Waals surface area contributed by atoms with E-state index in [-0.39, 0.29) is 11.7 Å². The number of carbonyl (C=O) groups excluding carboxylic acids is 2. The second-order valence-corrected chi connectivity index (χ2v) is 9.17. The molecular formula is C28H32N4O2. The molecule has 0 atom stereocenters. The van der Waals surface area contributed by atoms with E-state index >= 15 is 0 Å². The molecule has 6 nitrogen and oxygen atoms in total. The van der Waals surface area contributed by atoms with Crippen molar-refractivity contribution in [3.63, 3.8) is 0 Å². The molecule has 6 heteroatoms. The predicted molar refractivity (Wildman–Crippen MR) is 135 cm³/mol. The molecule has 2 aromatic carbocycles. The van der Waals surface area contributed by atoms with Crippen LogP contribution in [0.5, 0.6) is 0 Å². The molecule has 1 saturated heterocycles. The number of carbonyl (C=O) groups is 2. The summed E-state index contributed by atoms with van der Waals surface area (Å²) in [5.41, 5.74) is 3.52. The van der Waals surface area contributed by atoms with Crippen LogP contribution in [0, 0.1) is 0 Å². The Labute approximate surface area is 201 Å². The van der Waals surface area contributed by atoms with Crippen molar-refractivity contribution < 1.29 is 9.59 Å². The Kier molecular flexibility index (Phi) is 6.77. The van der Waals surface area contributed by atoms with Crippen molar-refractivity contribution >= 4 is 17.4 Å². The zero-order valence-electron chi connectivity index (χ0n) is 19.6. The highest BCUT2D eigenvalue weighted by Gasteiger charge is 2.30. The fourth-order valence-electron chi connectivity index (χ4n) is 5.04. The molecule has 1 amide bonds. The summed E-state index contributed by atoms with van der Waals surface area (Å²) in [6.07, 6.45) is 3.19. The maximum Gasteiger partial charge on any atom is 0.271 e. The molecule has 2 aliphatic rings. The van der Waals surface area contributed by atoms with Crippen LogP contribution in [0.1, 0.15) is 39.3 Å². The number of fused-ring (bicyclic) bond motifs is 1. The van der Waals surface area contributed by atoms with Crippen LogP contribution in [0.4, 0.5) is 5.69 Å². The summed E-state index contributed by atoms with van der Waals surface area (Å²) in [4.78, 5) is 33.0. The minimum absolute atomic E-state index is 0.0179. The number of nitrogens with zero attached hydrogens (tertiary/aromatic N) is 4. The molecule has 0 N–H and O–H groups in total. The second-order valence-electron chi connectivity index (χ2n) is 9.17. The largest absolute Gasteiger partial charge is 0.369 e. The summed E-state index contributed by atoms with van der Waals surface area (Å²) in [6.45, 7) is 6.86. The lowest BCUT2D eigenvalue weighted by atomic mass is 10.1. The summed E-state index contributed by atoms with van der Waals surface area (Å²) in [6, 6.07) is 22.5. The maximum atomic E-state index is 13.5. The van der Waals surface area contributed by atoms with E-state index in [2.05, 4.69) is 40.1 Å². The smallest absolute Gasteiger partial charge is 0.271 e. The van der Waals surface area contributed by atoms with E-state index in [9.17, 15) is 9.59 Å². The van der Waals surface area contributed by atoms with Gasteiger partial charge in [0.05, 0.1) is 0 Å². The topological polar surface area (TPSA) is 48.8 Å². The summed E-state index contributed by atoms with van der Waals surface area (Å²) in [5.74, 6) is 0.0466. The van der Waals surface area contributed by atoms with E-state index in [1.165, 1.54) is 5.69 Å². The van der Waals surface area contributed by atoms with Gasteiger partial charge in [0.2, 0.25) is 0 Å². The first kappa shape index (κ1) is 22.4. The van der Waals surface area contributed by atoms with Gasteiger partial charge in [-0.1, -0.05) is 48.5 Å². The Morgan fingerprint density at radius 1 is 0.735 bits per heavy atom. The number of anilines is 1. The first-order chi connectivity index (χ1) is 16.7. The van der Waals surface area contributed by atoms with Gasteiger partial charge in [-0.15, -0.1) is 0 Å². The van der Waals surface area contributed by atoms with Gasteiger partial charge in [0.15, 0.2) is 5.78 Å². The van der Waals surface area contributed by atoms with Gasteiger partial charge in [-0.25, -0.2) is 0 Å². The number of rotatable bonds is 7. The van der Waals surface area contributed by atoms with Gasteiger partial charge in [0, 0.05) is 69.7 Å². The Hall–Kier alpha value is -3.38. The van der Waals surface area contributed by atoms with Crippen molar-refractivity contribution in [1.29, 1.82) is 0 Å². The van der Waals surface area contributed by atoms with Crippen molar-refractivity contribution in [2.24, 2.45) is 0 Å². The molecule has 0 saturated carbocycles. The van der Waals surface area contributed by atoms with Crippen LogP contribution in [0.3, 0.4) is 0 Å². The van der Waals surface area contributed by atoms with Crippen molar-refractivity contribution in [2.45, 2.75) is 19.4 Å².